The Bertz CT molecular complexity index is 579. The molecule has 0 radical (unpaired) electrons. The maximum Gasteiger partial charge on any atom is 0.234 e. The van der Waals surface area contributed by atoms with Crippen LogP contribution in [0.1, 0.15) is 30.4 Å². The van der Waals surface area contributed by atoms with Gasteiger partial charge in [0.15, 0.2) is 0 Å². The summed E-state index contributed by atoms with van der Waals surface area (Å²) < 4.78 is 0. The van der Waals surface area contributed by atoms with Crippen LogP contribution < -0.4 is 5.32 Å². The van der Waals surface area contributed by atoms with Crippen LogP contribution in [0.25, 0.3) is 0 Å². The van der Waals surface area contributed by atoms with Gasteiger partial charge in [-0.25, -0.2) is 0 Å². The highest BCUT2D eigenvalue weighted by molar-refractivity contribution is 5.85. The van der Waals surface area contributed by atoms with E-state index >= 15 is 0 Å². The largest absolute Gasteiger partial charge is 0.355 e. The predicted octanol–water partition coefficient (Wildman–Crippen LogP) is 0.997. The summed E-state index contributed by atoms with van der Waals surface area (Å²) >= 11 is 0. The van der Waals surface area contributed by atoms with Gasteiger partial charge in [0, 0.05) is 32.7 Å². The SMILES string of the molecule is CCNC(=O)CN1CCN(C(=O)C2CCc3ccccc32)CC1. The minimum Gasteiger partial charge on any atom is -0.355 e. The van der Waals surface area contributed by atoms with E-state index in [9.17, 15) is 9.59 Å². The monoisotopic (exact) mass is 315 g/mol. The molecule has 1 fully saturated rings. The number of aryl methyl sites for hydroxylation is 1. The second-order valence-corrected chi connectivity index (χ2v) is 6.35. The van der Waals surface area contributed by atoms with Crippen LogP contribution in [0.15, 0.2) is 24.3 Å². The minimum atomic E-state index is 0.0288. The lowest BCUT2D eigenvalue weighted by atomic mass is 9.99. The van der Waals surface area contributed by atoms with Crippen LogP contribution in [0, 0.1) is 0 Å². The van der Waals surface area contributed by atoms with E-state index in [2.05, 4.69) is 22.3 Å². The van der Waals surface area contributed by atoms with Crippen molar-refractivity contribution in [3.63, 3.8) is 0 Å². The standard InChI is InChI=1S/C18H25N3O2/c1-2-19-17(22)13-20-9-11-21(12-10-20)18(23)16-8-7-14-5-3-4-6-15(14)16/h3-6,16H,2,7-13H2,1H3,(H,19,22). The second kappa shape index (κ2) is 7.13. The van der Waals surface area contributed by atoms with E-state index in [0.29, 0.717) is 13.1 Å². The summed E-state index contributed by atoms with van der Waals surface area (Å²) in [4.78, 5) is 28.6. The van der Waals surface area contributed by atoms with Crippen LogP contribution >= 0.6 is 0 Å². The number of fused-ring (bicyclic) bond motifs is 1. The van der Waals surface area contributed by atoms with Gasteiger partial charge in [-0.05, 0) is 30.9 Å². The fraction of sp³-hybridized carbons (Fsp3) is 0.556. The summed E-state index contributed by atoms with van der Waals surface area (Å²) in [6.07, 6.45) is 1.93. The van der Waals surface area contributed by atoms with Crippen LogP contribution in [-0.4, -0.2) is 60.9 Å². The third-order valence-electron chi connectivity index (χ3n) is 4.86. The minimum absolute atomic E-state index is 0.0288. The molecule has 5 heteroatoms. The lowest BCUT2D eigenvalue weighted by Crippen LogP contribution is -2.51. The van der Waals surface area contributed by atoms with Gasteiger partial charge in [-0.1, -0.05) is 24.3 Å². The molecule has 5 nitrogen and oxygen atoms in total. The van der Waals surface area contributed by atoms with Gasteiger partial charge in [0.05, 0.1) is 12.5 Å². The third-order valence-corrected chi connectivity index (χ3v) is 4.86. The molecule has 2 aliphatic rings. The molecule has 0 saturated carbocycles. The van der Waals surface area contributed by atoms with Crippen LogP contribution in [0.3, 0.4) is 0 Å². The van der Waals surface area contributed by atoms with Crippen LogP contribution in [0.4, 0.5) is 0 Å². The van der Waals surface area contributed by atoms with E-state index in [4.69, 9.17) is 0 Å². The number of likely N-dealkylation sites (N-methyl/N-ethyl adjacent to an activating group) is 1. The number of hydrogen-bond donors (Lipinski definition) is 1. The number of nitrogens with zero attached hydrogens (tertiary/aromatic N) is 2. The molecule has 2 amide bonds. The van der Waals surface area contributed by atoms with E-state index < -0.39 is 0 Å². The van der Waals surface area contributed by atoms with Gasteiger partial charge >= 0.3 is 0 Å². The molecular formula is C18H25N3O2. The molecule has 1 aliphatic heterocycles. The average Bonchev–Trinajstić information content (AvgIpc) is 2.99. The zero-order chi connectivity index (χ0) is 16.2. The Labute approximate surface area is 137 Å². The average molecular weight is 315 g/mol. The summed E-state index contributed by atoms with van der Waals surface area (Å²) in [7, 11) is 0. The molecule has 0 aromatic heterocycles. The molecule has 1 saturated heterocycles. The molecule has 0 spiro atoms. The molecule has 1 aromatic rings. The first kappa shape index (κ1) is 16.0. The topological polar surface area (TPSA) is 52.7 Å². The summed E-state index contributed by atoms with van der Waals surface area (Å²) in [5.74, 6) is 0.353. The first-order valence-corrected chi connectivity index (χ1v) is 8.54. The van der Waals surface area contributed by atoms with Crippen molar-refractivity contribution in [1.82, 2.24) is 15.1 Å². The highest BCUT2D eigenvalue weighted by atomic mass is 16.2. The second-order valence-electron chi connectivity index (χ2n) is 6.35. The Morgan fingerprint density at radius 3 is 2.65 bits per heavy atom. The van der Waals surface area contributed by atoms with Gasteiger partial charge in [0.25, 0.3) is 0 Å². The number of carbonyl (C=O) groups is 2. The quantitative estimate of drug-likeness (QED) is 0.902. The molecule has 1 unspecified atom stereocenters. The van der Waals surface area contributed by atoms with Gasteiger partial charge in [-0.2, -0.15) is 0 Å². The lowest BCUT2D eigenvalue weighted by Gasteiger charge is -2.35. The van der Waals surface area contributed by atoms with Gasteiger partial charge in [0.2, 0.25) is 11.8 Å². The summed E-state index contributed by atoms with van der Waals surface area (Å²) in [5, 5.41) is 2.82. The van der Waals surface area contributed by atoms with E-state index in [1.165, 1.54) is 11.1 Å². The number of rotatable bonds is 4. The van der Waals surface area contributed by atoms with E-state index in [1.54, 1.807) is 0 Å². The molecule has 1 N–H and O–H groups in total. The summed E-state index contributed by atoms with van der Waals surface area (Å²) in [6.45, 7) is 6.01. The molecule has 124 valence electrons. The molecule has 1 atom stereocenters. The van der Waals surface area contributed by atoms with Crippen molar-refractivity contribution in [2.24, 2.45) is 0 Å². The van der Waals surface area contributed by atoms with Gasteiger partial charge in [-0.3, -0.25) is 14.5 Å². The van der Waals surface area contributed by atoms with Crippen molar-refractivity contribution in [2.75, 3.05) is 39.3 Å². The molecule has 1 aromatic carbocycles. The van der Waals surface area contributed by atoms with Crippen molar-refractivity contribution in [3.05, 3.63) is 35.4 Å². The smallest absolute Gasteiger partial charge is 0.234 e. The molecule has 1 aliphatic carbocycles. The maximum absolute atomic E-state index is 12.8. The zero-order valence-electron chi connectivity index (χ0n) is 13.8. The Balaban J connectivity index is 1.54. The highest BCUT2D eigenvalue weighted by Crippen LogP contribution is 2.34. The Hall–Kier alpha value is -1.88. The third kappa shape index (κ3) is 3.55. The van der Waals surface area contributed by atoms with Gasteiger partial charge in [-0.15, -0.1) is 0 Å². The summed E-state index contributed by atoms with van der Waals surface area (Å²) in [5.41, 5.74) is 2.53. The highest BCUT2D eigenvalue weighted by Gasteiger charge is 2.33. The van der Waals surface area contributed by atoms with Crippen molar-refractivity contribution in [2.45, 2.75) is 25.7 Å². The first-order chi connectivity index (χ1) is 11.2. The maximum atomic E-state index is 12.8. The normalized spacial score (nSPS) is 21.1. The first-order valence-electron chi connectivity index (χ1n) is 8.54. The Morgan fingerprint density at radius 1 is 1.17 bits per heavy atom. The molecule has 0 bridgehead atoms. The number of nitrogens with one attached hydrogen (secondary N) is 1. The van der Waals surface area contributed by atoms with Crippen molar-refractivity contribution in [3.8, 4) is 0 Å². The van der Waals surface area contributed by atoms with Gasteiger partial charge < -0.3 is 10.2 Å². The van der Waals surface area contributed by atoms with Gasteiger partial charge in [0.1, 0.15) is 0 Å². The van der Waals surface area contributed by atoms with Crippen molar-refractivity contribution >= 4 is 11.8 Å². The Kier molecular flexibility index (Phi) is 4.96. The molecule has 23 heavy (non-hydrogen) atoms. The van der Waals surface area contributed by atoms with Crippen LogP contribution in [0.2, 0.25) is 0 Å². The van der Waals surface area contributed by atoms with E-state index in [1.807, 2.05) is 24.0 Å². The van der Waals surface area contributed by atoms with Crippen molar-refractivity contribution in [1.29, 1.82) is 0 Å². The number of piperazine rings is 1. The fourth-order valence-electron chi connectivity index (χ4n) is 3.62. The lowest BCUT2D eigenvalue weighted by molar-refractivity contribution is -0.134. The summed E-state index contributed by atoms with van der Waals surface area (Å²) in [6, 6.07) is 8.30. The molecule has 3 rings (SSSR count). The number of benzene rings is 1. The molecular weight excluding hydrogens is 290 g/mol. The number of hydrogen-bond acceptors (Lipinski definition) is 3. The predicted molar refractivity (Wildman–Crippen MR) is 89.2 cm³/mol. The van der Waals surface area contributed by atoms with E-state index in [-0.39, 0.29) is 17.7 Å². The molecule has 1 heterocycles. The number of amides is 2. The van der Waals surface area contributed by atoms with Crippen molar-refractivity contribution < 1.29 is 9.59 Å². The fourth-order valence-corrected chi connectivity index (χ4v) is 3.62. The Morgan fingerprint density at radius 2 is 1.91 bits per heavy atom. The zero-order valence-corrected chi connectivity index (χ0v) is 13.8. The number of carbonyl (C=O) groups excluding carboxylic acids is 2. The van der Waals surface area contributed by atoms with Crippen LogP contribution in [0.5, 0.6) is 0 Å². The van der Waals surface area contributed by atoms with Crippen LogP contribution in [-0.2, 0) is 16.0 Å². The van der Waals surface area contributed by atoms with E-state index in [0.717, 1.165) is 39.0 Å².